The van der Waals surface area contributed by atoms with Crippen molar-refractivity contribution >= 4 is 5.91 Å². The number of primary amides is 1. The molecule has 126 valence electrons. The van der Waals surface area contributed by atoms with Gasteiger partial charge in [0.15, 0.2) is 0 Å². The van der Waals surface area contributed by atoms with Gasteiger partial charge in [0.1, 0.15) is 12.4 Å². The van der Waals surface area contributed by atoms with Gasteiger partial charge in [-0.2, -0.15) is 0 Å². The van der Waals surface area contributed by atoms with Crippen molar-refractivity contribution in [3.8, 4) is 17.0 Å². The summed E-state index contributed by atoms with van der Waals surface area (Å²) >= 11 is 0. The lowest BCUT2D eigenvalue weighted by molar-refractivity contribution is 0.0322. The molecule has 1 saturated heterocycles. The number of carbonyl (C=O) groups excluding carboxylic acids is 1. The molecular formula is C18H21N3O3. The quantitative estimate of drug-likeness (QED) is 0.871. The SMILES string of the molecule is NC(=O)c1ccnc(-c2ccc(OCCN3CCOCC3)cc2)c1. The number of amides is 1. The van der Waals surface area contributed by atoms with Crippen LogP contribution in [-0.2, 0) is 4.74 Å². The molecule has 24 heavy (non-hydrogen) atoms. The van der Waals surface area contributed by atoms with Crippen molar-refractivity contribution in [1.82, 2.24) is 9.88 Å². The molecule has 0 saturated carbocycles. The van der Waals surface area contributed by atoms with Gasteiger partial charge >= 0.3 is 0 Å². The van der Waals surface area contributed by atoms with Gasteiger partial charge in [0, 0.05) is 37.0 Å². The van der Waals surface area contributed by atoms with Crippen LogP contribution in [0.2, 0.25) is 0 Å². The van der Waals surface area contributed by atoms with Crippen LogP contribution >= 0.6 is 0 Å². The molecule has 1 aliphatic heterocycles. The van der Waals surface area contributed by atoms with Crippen LogP contribution in [0.3, 0.4) is 0 Å². The number of hydrogen-bond acceptors (Lipinski definition) is 5. The molecule has 1 aromatic carbocycles. The van der Waals surface area contributed by atoms with Gasteiger partial charge in [-0.05, 0) is 36.4 Å². The number of benzene rings is 1. The molecule has 6 nitrogen and oxygen atoms in total. The van der Waals surface area contributed by atoms with E-state index in [1.54, 1.807) is 18.3 Å². The van der Waals surface area contributed by atoms with Crippen LogP contribution in [0.25, 0.3) is 11.3 Å². The van der Waals surface area contributed by atoms with E-state index in [4.69, 9.17) is 15.2 Å². The standard InChI is InChI=1S/C18H21N3O3/c19-18(22)15-5-6-20-17(13-15)14-1-3-16(4-2-14)24-12-9-21-7-10-23-11-8-21/h1-6,13H,7-12H2,(H2,19,22). The maximum atomic E-state index is 11.2. The number of nitrogens with zero attached hydrogens (tertiary/aromatic N) is 2. The topological polar surface area (TPSA) is 77.7 Å². The Bertz CT molecular complexity index is 682. The summed E-state index contributed by atoms with van der Waals surface area (Å²) < 4.78 is 11.1. The zero-order valence-corrected chi connectivity index (χ0v) is 13.5. The minimum Gasteiger partial charge on any atom is -0.492 e. The van der Waals surface area contributed by atoms with Gasteiger partial charge in [-0.15, -0.1) is 0 Å². The van der Waals surface area contributed by atoms with E-state index >= 15 is 0 Å². The third-order valence-electron chi connectivity index (χ3n) is 3.97. The van der Waals surface area contributed by atoms with Crippen molar-refractivity contribution in [3.63, 3.8) is 0 Å². The molecule has 2 heterocycles. The third kappa shape index (κ3) is 4.31. The van der Waals surface area contributed by atoms with Gasteiger partial charge in [-0.25, -0.2) is 0 Å². The van der Waals surface area contributed by atoms with Crippen LogP contribution in [-0.4, -0.2) is 55.2 Å². The summed E-state index contributed by atoms with van der Waals surface area (Å²) in [6, 6.07) is 11.0. The Hall–Kier alpha value is -2.44. The van der Waals surface area contributed by atoms with E-state index in [-0.39, 0.29) is 0 Å². The first-order chi connectivity index (χ1) is 11.7. The van der Waals surface area contributed by atoms with Crippen molar-refractivity contribution in [2.24, 2.45) is 5.73 Å². The van der Waals surface area contributed by atoms with Gasteiger partial charge < -0.3 is 15.2 Å². The lowest BCUT2D eigenvalue weighted by Crippen LogP contribution is -2.38. The van der Waals surface area contributed by atoms with Gasteiger partial charge in [0.25, 0.3) is 0 Å². The Morgan fingerprint density at radius 3 is 2.67 bits per heavy atom. The Labute approximate surface area is 141 Å². The highest BCUT2D eigenvalue weighted by Gasteiger charge is 2.10. The summed E-state index contributed by atoms with van der Waals surface area (Å²) in [6.45, 7) is 5.06. The van der Waals surface area contributed by atoms with Gasteiger partial charge in [-0.3, -0.25) is 14.7 Å². The minimum atomic E-state index is -0.457. The molecule has 1 aromatic heterocycles. The second-order valence-electron chi connectivity index (χ2n) is 5.62. The van der Waals surface area contributed by atoms with Crippen molar-refractivity contribution in [2.45, 2.75) is 0 Å². The molecule has 3 rings (SSSR count). The maximum absolute atomic E-state index is 11.2. The lowest BCUT2D eigenvalue weighted by atomic mass is 10.1. The first-order valence-corrected chi connectivity index (χ1v) is 8.01. The predicted molar refractivity (Wildman–Crippen MR) is 90.9 cm³/mol. The van der Waals surface area contributed by atoms with Crippen LogP contribution < -0.4 is 10.5 Å². The van der Waals surface area contributed by atoms with E-state index in [0.717, 1.165) is 44.2 Å². The van der Waals surface area contributed by atoms with Crippen LogP contribution in [0.1, 0.15) is 10.4 Å². The minimum absolute atomic E-state index is 0.450. The first kappa shape index (κ1) is 16.4. The van der Waals surface area contributed by atoms with Gasteiger partial charge in [-0.1, -0.05) is 0 Å². The fraction of sp³-hybridized carbons (Fsp3) is 0.333. The highest BCUT2D eigenvalue weighted by Crippen LogP contribution is 2.21. The van der Waals surface area contributed by atoms with Crippen LogP contribution in [0.4, 0.5) is 0 Å². The van der Waals surface area contributed by atoms with Crippen molar-refractivity contribution < 1.29 is 14.3 Å². The predicted octanol–water partition coefficient (Wildman–Crippen LogP) is 1.56. The number of rotatable bonds is 6. The second kappa shape index (κ2) is 7.90. The number of nitrogens with two attached hydrogens (primary N) is 1. The average Bonchev–Trinajstić information content (AvgIpc) is 2.63. The molecule has 6 heteroatoms. The second-order valence-corrected chi connectivity index (χ2v) is 5.62. The summed E-state index contributed by atoms with van der Waals surface area (Å²) in [5.41, 5.74) is 7.38. The molecule has 0 spiro atoms. The summed E-state index contributed by atoms with van der Waals surface area (Å²) in [4.78, 5) is 17.9. The zero-order valence-electron chi connectivity index (χ0n) is 13.5. The molecule has 1 fully saturated rings. The highest BCUT2D eigenvalue weighted by molar-refractivity contribution is 5.93. The van der Waals surface area contributed by atoms with E-state index < -0.39 is 5.91 Å². The molecule has 2 aromatic rings. The zero-order chi connectivity index (χ0) is 16.8. The van der Waals surface area contributed by atoms with Crippen molar-refractivity contribution in [1.29, 1.82) is 0 Å². The smallest absolute Gasteiger partial charge is 0.248 e. The third-order valence-corrected chi connectivity index (χ3v) is 3.97. The number of carbonyl (C=O) groups is 1. The molecule has 1 aliphatic rings. The number of morpholine rings is 1. The fourth-order valence-electron chi connectivity index (χ4n) is 2.58. The summed E-state index contributed by atoms with van der Waals surface area (Å²) in [6.07, 6.45) is 1.59. The van der Waals surface area contributed by atoms with E-state index in [1.165, 1.54) is 0 Å². The number of pyridine rings is 1. The maximum Gasteiger partial charge on any atom is 0.248 e. The Morgan fingerprint density at radius 1 is 1.21 bits per heavy atom. The Morgan fingerprint density at radius 2 is 1.96 bits per heavy atom. The molecule has 0 bridgehead atoms. The molecule has 2 N–H and O–H groups in total. The van der Waals surface area contributed by atoms with Crippen molar-refractivity contribution in [2.75, 3.05) is 39.5 Å². The summed E-state index contributed by atoms with van der Waals surface area (Å²) in [7, 11) is 0. The first-order valence-electron chi connectivity index (χ1n) is 8.01. The van der Waals surface area contributed by atoms with Crippen LogP contribution in [0, 0.1) is 0 Å². The number of ether oxygens (including phenoxy) is 2. The monoisotopic (exact) mass is 327 g/mol. The van der Waals surface area contributed by atoms with Crippen molar-refractivity contribution in [3.05, 3.63) is 48.2 Å². The highest BCUT2D eigenvalue weighted by atomic mass is 16.5. The average molecular weight is 327 g/mol. The van der Waals surface area contributed by atoms with Gasteiger partial charge in [0.05, 0.1) is 18.9 Å². The van der Waals surface area contributed by atoms with Crippen LogP contribution in [0.5, 0.6) is 5.75 Å². The molecular weight excluding hydrogens is 306 g/mol. The van der Waals surface area contributed by atoms with E-state index in [0.29, 0.717) is 17.9 Å². The Kier molecular flexibility index (Phi) is 5.40. The fourth-order valence-corrected chi connectivity index (χ4v) is 2.58. The van der Waals surface area contributed by atoms with E-state index in [2.05, 4.69) is 9.88 Å². The normalized spacial score (nSPS) is 15.2. The molecule has 0 atom stereocenters. The molecule has 0 unspecified atom stereocenters. The van der Waals surface area contributed by atoms with E-state index in [9.17, 15) is 4.79 Å². The lowest BCUT2D eigenvalue weighted by Gasteiger charge is -2.26. The Balaban J connectivity index is 1.57. The number of hydrogen-bond donors (Lipinski definition) is 1. The molecule has 0 radical (unpaired) electrons. The largest absolute Gasteiger partial charge is 0.492 e. The summed E-state index contributed by atoms with van der Waals surface area (Å²) in [5, 5.41) is 0. The summed E-state index contributed by atoms with van der Waals surface area (Å²) in [5.74, 6) is 0.361. The molecule has 1 amide bonds. The van der Waals surface area contributed by atoms with Gasteiger partial charge in [0.2, 0.25) is 5.91 Å². The number of aromatic nitrogens is 1. The molecule has 0 aliphatic carbocycles. The van der Waals surface area contributed by atoms with Crippen LogP contribution in [0.15, 0.2) is 42.6 Å². The van der Waals surface area contributed by atoms with E-state index in [1.807, 2.05) is 24.3 Å².